The van der Waals surface area contributed by atoms with E-state index in [1.807, 2.05) is 0 Å². The van der Waals surface area contributed by atoms with Gasteiger partial charge in [0.2, 0.25) is 0 Å². The lowest BCUT2D eigenvalue weighted by molar-refractivity contribution is 0.0688. The van der Waals surface area contributed by atoms with Crippen molar-refractivity contribution in [2.24, 2.45) is 11.1 Å². The molecule has 106 valence electrons. The number of aryl methyl sites for hydroxylation is 1. The predicted octanol–water partition coefficient (Wildman–Crippen LogP) is 3.51. The van der Waals surface area contributed by atoms with Crippen LogP contribution in [-0.2, 0) is 0 Å². The summed E-state index contributed by atoms with van der Waals surface area (Å²) >= 11 is 0. The van der Waals surface area contributed by atoms with E-state index in [-0.39, 0.29) is 6.04 Å². The molecule has 2 nitrogen and oxygen atoms in total. The molecule has 0 aliphatic carbocycles. The van der Waals surface area contributed by atoms with Gasteiger partial charge in [0.15, 0.2) is 0 Å². The molecule has 1 aromatic rings. The Morgan fingerprint density at radius 1 is 1.21 bits per heavy atom. The van der Waals surface area contributed by atoms with Crippen molar-refractivity contribution in [3.05, 3.63) is 35.4 Å². The molecule has 19 heavy (non-hydrogen) atoms. The minimum absolute atomic E-state index is 0.164. The number of likely N-dealkylation sites (tertiary alicyclic amines) is 1. The van der Waals surface area contributed by atoms with Crippen molar-refractivity contribution < 1.29 is 0 Å². The van der Waals surface area contributed by atoms with Gasteiger partial charge in [-0.05, 0) is 44.2 Å². The monoisotopic (exact) mass is 260 g/mol. The largest absolute Gasteiger partial charge is 0.326 e. The van der Waals surface area contributed by atoms with Crippen LogP contribution in [-0.4, -0.2) is 24.0 Å². The fourth-order valence-corrected chi connectivity index (χ4v) is 3.32. The van der Waals surface area contributed by atoms with Crippen LogP contribution in [0.5, 0.6) is 0 Å². The fraction of sp³-hybridized carbons (Fsp3) is 0.647. The summed E-state index contributed by atoms with van der Waals surface area (Å²) in [6.07, 6.45) is 2.60. The van der Waals surface area contributed by atoms with Crippen molar-refractivity contribution in [1.29, 1.82) is 0 Å². The number of nitrogens with zero attached hydrogens (tertiary/aromatic N) is 1. The van der Waals surface area contributed by atoms with Crippen LogP contribution in [0.4, 0.5) is 0 Å². The molecule has 1 aliphatic rings. The lowest BCUT2D eigenvalue weighted by Gasteiger charge is -2.43. The first-order valence-electron chi connectivity index (χ1n) is 7.45. The van der Waals surface area contributed by atoms with Gasteiger partial charge in [0.1, 0.15) is 0 Å². The van der Waals surface area contributed by atoms with Gasteiger partial charge in [0.05, 0.1) is 0 Å². The minimum atomic E-state index is 0.164. The summed E-state index contributed by atoms with van der Waals surface area (Å²) in [5.74, 6) is 0. The summed E-state index contributed by atoms with van der Waals surface area (Å²) in [5.41, 5.74) is 9.37. The van der Waals surface area contributed by atoms with Crippen LogP contribution in [0.1, 0.15) is 50.8 Å². The number of hydrogen-bond donors (Lipinski definition) is 1. The average molecular weight is 260 g/mol. The van der Waals surface area contributed by atoms with Crippen LogP contribution in [0.3, 0.4) is 0 Å². The van der Waals surface area contributed by atoms with Crippen molar-refractivity contribution in [2.45, 2.75) is 52.6 Å². The summed E-state index contributed by atoms with van der Waals surface area (Å²) in [6, 6.07) is 9.38. The summed E-state index contributed by atoms with van der Waals surface area (Å²) < 4.78 is 0. The number of nitrogens with two attached hydrogens (primary N) is 1. The van der Waals surface area contributed by atoms with Gasteiger partial charge in [-0.3, -0.25) is 4.90 Å². The first kappa shape index (κ1) is 14.5. The predicted molar refractivity (Wildman–Crippen MR) is 82.2 cm³/mol. The summed E-state index contributed by atoms with van der Waals surface area (Å²) in [5, 5.41) is 0. The van der Waals surface area contributed by atoms with E-state index in [0.29, 0.717) is 11.5 Å². The van der Waals surface area contributed by atoms with E-state index in [0.717, 1.165) is 6.54 Å². The molecule has 2 rings (SSSR count). The van der Waals surface area contributed by atoms with Crippen molar-refractivity contribution >= 4 is 0 Å². The van der Waals surface area contributed by atoms with E-state index in [1.54, 1.807) is 0 Å². The molecule has 2 unspecified atom stereocenters. The molecule has 2 N–H and O–H groups in total. The molecule has 0 bridgehead atoms. The van der Waals surface area contributed by atoms with E-state index in [1.165, 1.54) is 30.5 Å². The quantitative estimate of drug-likeness (QED) is 0.901. The third-order valence-electron chi connectivity index (χ3n) is 4.24. The van der Waals surface area contributed by atoms with Gasteiger partial charge < -0.3 is 5.73 Å². The normalized spacial score (nSPS) is 23.0. The Morgan fingerprint density at radius 2 is 1.84 bits per heavy atom. The third kappa shape index (κ3) is 3.58. The number of benzene rings is 1. The average Bonchev–Trinajstić information content (AvgIpc) is 2.30. The molecule has 1 saturated heterocycles. The maximum Gasteiger partial charge on any atom is 0.0496 e. The van der Waals surface area contributed by atoms with Crippen molar-refractivity contribution in [1.82, 2.24) is 4.90 Å². The summed E-state index contributed by atoms with van der Waals surface area (Å²) in [4.78, 5) is 2.58. The molecule has 0 radical (unpaired) electrons. The molecule has 1 aromatic carbocycles. The van der Waals surface area contributed by atoms with Crippen LogP contribution in [0.15, 0.2) is 24.3 Å². The lowest BCUT2D eigenvalue weighted by atomic mass is 9.82. The highest BCUT2D eigenvalue weighted by atomic mass is 15.2. The molecule has 1 fully saturated rings. The first-order valence-corrected chi connectivity index (χ1v) is 7.45. The SMILES string of the molecule is Cc1ccc(C(C(C)N)N2CCCC(C)(C)C2)cc1. The first-order chi connectivity index (χ1) is 8.89. The third-order valence-corrected chi connectivity index (χ3v) is 4.24. The van der Waals surface area contributed by atoms with Gasteiger partial charge in [-0.15, -0.1) is 0 Å². The number of hydrogen-bond acceptors (Lipinski definition) is 2. The van der Waals surface area contributed by atoms with E-state index < -0.39 is 0 Å². The molecule has 0 aromatic heterocycles. The van der Waals surface area contributed by atoms with Gasteiger partial charge in [-0.1, -0.05) is 43.7 Å². The Balaban J connectivity index is 2.22. The highest BCUT2D eigenvalue weighted by molar-refractivity contribution is 5.25. The zero-order valence-corrected chi connectivity index (χ0v) is 12.8. The van der Waals surface area contributed by atoms with E-state index in [9.17, 15) is 0 Å². The Morgan fingerprint density at radius 3 is 2.37 bits per heavy atom. The highest BCUT2D eigenvalue weighted by Gasteiger charge is 2.32. The van der Waals surface area contributed by atoms with E-state index >= 15 is 0 Å². The Bertz CT molecular complexity index is 406. The van der Waals surface area contributed by atoms with Gasteiger partial charge in [0, 0.05) is 18.6 Å². The highest BCUT2D eigenvalue weighted by Crippen LogP contribution is 2.34. The van der Waals surface area contributed by atoms with Crippen molar-refractivity contribution in [3.63, 3.8) is 0 Å². The second-order valence-electron chi connectivity index (χ2n) is 6.95. The number of rotatable bonds is 3. The lowest BCUT2D eigenvalue weighted by Crippen LogP contribution is -2.47. The van der Waals surface area contributed by atoms with Crippen LogP contribution in [0.25, 0.3) is 0 Å². The number of piperidine rings is 1. The molecule has 2 atom stereocenters. The standard InChI is InChI=1S/C17H28N2/c1-13-6-8-15(9-7-13)16(14(2)18)19-11-5-10-17(3,4)12-19/h6-9,14,16H,5,10-12,18H2,1-4H3. The van der Waals surface area contributed by atoms with Crippen LogP contribution < -0.4 is 5.73 Å². The topological polar surface area (TPSA) is 29.3 Å². The zero-order valence-electron chi connectivity index (χ0n) is 12.8. The Kier molecular flexibility index (Phi) is 4.32. The van der Waals surface area contributed by atoms with E-state index in [4.69, 9.17) is 5.73 Å². The van der Waals surface area contributed by atoms with Crippen molar-refractivity contribution in [3.8, 4) is 0 Å². The van der Waals surface area contributed by atoms with Crippen LogP contribution in [0, 0.1) is 12.3 Å². The second-order valence-corrected chi connectivity index (χ2v) is 6.95. The molecular formula is C17H28N2. The van der Waals surface area contributed by atoms with Crippen LogP contribution in [0.2, 0.25) is 0 Å². The van der Waals surface area contributed by atoms with Gasteiger partial charge in [-0.2, -0.15) is 0 Å². The summed E-state index contributed by atoms with van der Waals surface area (Å²) in [7, 11) is 0. The zero-order chi connectivity index (χ0) is 14.0. The van der Waals surface area contributed by atoms with Gasteiger partial charge >= 0.3 is 0 Å². The summed E-state index contributed by atoms with van der Waals surface area (Å²) in [6.45, 7) is 11.3. The molecular weight excluding hydrogens is 232 g/mol. The maximum absolute atomic E-state index is 6.28. The second kappa shape index (κ2) is 5.64. The van der Waals surface area contributed by atoms with Gasteiger partial charge in [0.25, 0.3) is 0 Å². The molecule has 0 spiro atoms. The molecule has 1 heterocycles. The maximum atomic E-state index is 6.28. The fourth-order valence-electron chi connectivity index (χ4n) is 3.32. The van der Waals surface area contributed by atoms with E-state index in [2.05, 4.69) is 56.9 Å². The van der Waals surface area contributed by atoms with Crippen molar-refractivity contribution in [2.75, 3.05) is 13.1 Å². The minimum Gasteiger partial charge on any atom is -0.326 e. The molecule has 0 amide bonds. The molecule has 2 heteroatoms. The van der Waals surface area contributed by atoms with Gasteiger partial charge in [-0.25, -0.2) is 0 Å². The Labute approximate surface area is 118 Å². The van der Waals surface area contributed by atoms with Crippen LogP contribution >= 0.6 is 0 Å². The molecule has 0 saturated carbocycles. The Hall–Kier alpha value is -0.860. The smallest absolute Gasteiger partial charge is 0.0496 e. The molecule has 1 aliphatic heterocycles.